The lowest BCUT2D eigenvalue weighted by Gasteiger charge is -2.14. The van der Waals surface area contributed by atoms with E-state index in [1.807, 2.05) is 25.1 Å². The molecule has 0 spiro atoms. The molecule has 0 heterocycles. The second kappa shape index (κ2) is 11.9. The number of esters is 1. The Morgan fingerprint density at radius 3 is 2.14 bits per heavy atom. The lowest BCUT2D eigenvalue weighted by molar-refractivity contribution is -0.147. The molecule has 0 saturated heterocycles. The summed E-state index contributed by atoms with van der Waals surface area (Å²) in [4.78, 5) is 24.3. The molecule has 0 aliphatic rings. The maximum absolute atomic E-state index is 12.7. The average molecular weight is 399 g/mol. The molecule has 0 aliphatic heterocycles. The van der Waals surface area contributed by atoms with Crippen LogP contribution < -0.4 is 10.1 Å². The van der Waals surface area contributed by atoms with E-state index in [0.29, 0.717) is 24.5 Å². The van der Waals surface area contributed by atoms with Gasteiger partial charge >= 0.3 is 5.97 Å². The molecule has 2 rings (SSSR count). The fourth-order valence-corrected chi connectivity index (χ4v) is 2.83. The molecule has 0 radical (unpaired) electrons. The van der Waals surface area contributed by atoms with Gasteiger partial charge < -0.3 is 19.5 Å². The first-order valence-electron chi connectivity index (χ1n) is 9.97. The molecule has 6 nitrogen and oxygen atoms in total. The van der Waals surface area contributed by atoms with Gasteiger partial charge in [-0.2, -0.15) is 0 Å². The molecule has 2 aromatic rings. The van der Waals surface area contributed by atoms with E-state index in [0.717, 1.165) is 29.7 Å². The molecule has 0 aliphatic carbocycles. The van der Waals surface area contributed by atoms with Crippen molar-refractivity contribution in [1.29, 1.82) is 0 Å². The van der Waals surface area contributed by atoms with Crippen LogP contribution in [0, 0.1) is 0 Å². The van der Waals surface area contributed by atoms with Gasteiger partial charge in [-0.1, -0.05) is 32.0 Å². The third-order valence-corrected chi connectivity index (χ3v) is 4.41. The Bertz CT molecular complexity index is 779. The number of carbonyl (C=O) groups is 2. The lowest BCUT2D eigenvalue weighted by Crippen LogP contribution is -2.17. The number of hydrogen-bond acceptors (Lipinski definition) is 5. The van der Waals surface area contributed by atoms with Crippen molar-refractivity contribution in [2.24, 2.45) is 0 Å². The van der Waals surface area contributed by atoms with Crippen molar-refractivity contribution in [2.45, 2.75) is 33.6 Å². The van der Waals surface area contributed by atoms with Crippen molar-refractivity contribution in [3.63, 3.8) is 0 Å². The molecule has 29 heavy (non-hydrogen) atoms. The van der Waals surface area contributed by atoms with Gasteiger partial charge in [0.05, 0.1) is 6.61 Å². The standard InChI is InChI=1S/C23H29NO5/c1-4-17-8-7-9-18(5-2)22(17)24-23(26)19-10-12-20(13-11-19)29-16-21(25)28-15-14-27-6-3/h7-13H,4-6,14-16H2,1-3H3,(H,24,26). The summed E-state index contributed by atoms with van der Waals surface area (Å²) in [5.41, 5.74) is 3.63. The second-order valence-corrected chi connectivity index (χ2v) is 6.34. The Labute approximate surface area is 172 Å². The molecule has 0 aromatic heterocycles. The number of rotatable bonds is 11. The molecular weight excluding hydrogens is 370 g/mol. The van der Waals surface area contributed by atoms with Gasteiger partial charge in [-0.05, 0) is 55.2 Å². The van der Waals surface area contributed by atoms with Gasteiger partial charge in [0.15, 0.2) is 6.61 Å². The smallest absolute Gasteiger partial charge is 0.344 e. The van der Waals surface area contributed by atoms with Crippen molar-refractivity contribution >= 4 is 17.6 Å². The van der Waals surface area contributed by atoms with Crippen molar-refractivity contribution in [2.75, 3.05) is 31.7 Å². The normalized spacial score (nSPS) is 10.4. The van der Waals surface area contributed by atoms with Crippen molar-refractivity contribution in [1.82, 2.24) is 0 Å². The molecule has 0 fully saturated rings. The molecule has 0 bridgehead atoms. The molecule has 0 saturated carbocycles. The number of anilines is 1. The average Bonchev–Trinajstić information content (AvgIpc) is 2.75. The van der Waals surface area contributed by atoms with Crippen LogP contribution in [0.25, 0.3) is 0 Å². The van der Waals surface area contributed by atoms with Crippen LogP contribution in [0.5, 0.6) is 5.75 Å². The van der Waals surface area contributed by atoms with Crippen LogP contribution in [0.2, 0.25) is 0 Å². The monoisotopic (exact) mass is 399 g/mol. The second-order valence-electron chi connectivity index (χ2n) is 6.34. The highest BCUT2D eigenvalue weighted by molar-refractivity contribution is 6.05. The lowest BCUT2D eigenvalue weighted by atomic mass is 10.0. The van der Waals surface area contributed by atoms with E-state index in [1.54, 1.807) is 24.3 Å². The SMILES string of the molecule is CCOCCOC(=O)COc1ccc(C(=O)Nc2c(CC)cccc2CC)cc1. The van der Waals surface area contributed by atoms with Gasteiger partial charge in [-0.25, -0.2) is 4.79 Å². The van der Waals surface area contributed by atoms with E-state index in [4.69, 9.17) is 14.2 Å². The van der Waals surface area contributed by atoms with Crippen molar-refractivity contribution in [3.8, 4) is 5.75 Å². The zero-order chi connectivity index (χ0) is 21.1. The molecule has 0 atom stereocenters. The van der Waals surface area contributed by atoms with Crippen LogP contribution in [-0.2, 0) is 27.1 Å². The van der Waals surface area contributed by atoms with Crippen molar-refractivity contribution < 1.29 is 23.8 Å². The number of hydrogen-bond donors (Lipinski definition) is 1. The molecule has 2 aromatic carbocycles. The first-order chi connectivity index (χ1) is 14.1. The van der Waals surface area contributed by atoms with E-state index < -0.39 is 5.97 Å². The maximum Gasteiger partial charge on any atom is 0.344 e. The van der Waals surface area contributed by atoms with Crippen molar-refractivity contribution in [3.05, 3.63) is 59.2 Å². The maximum atomic E-state index is 12.7. The van der Waals surface area contributed by atoms with Gasteiger partial charge in [0.1, 0.15) is 12.4 Å². The number of carbonyl (C=O) groups excluding carboxylic acids is 2. The van der Waals surface area contributed by atoms with Gasteiger partial charge in [-0.15, -0.1) is 0 Å². The summed E-state index contributed by atoms with van der Waals surface area (Å²) in [7, 11) is 0. The molecule has 0 unspecified atom stereocenters. The van der Waals surface area contributed by atoms with E-state index in [1.165, 1.54) is 0 Å². The third kappa shape index (κ3) is 6.91. The number of nitrogens with one attached hydrogen (secondary N) is 1. The van der Waals surface area contributed by atoms with E-state index in [2.05, 4.69) is 19.2 Å². The van der Waals surface area contributed by atoms with Crippen LogP contribution in [-0.4, -0.2) is 38.3 Å². The predicted octanol–water partition coefficient (Wildman–Crippen LogP) is 4.02. The van der Waals surface area contributed by atoms with E-state index in [9.17, 15) is 9.59 Å². The summed E-state index contributed by atoms with van der Waals surface area (Å²) >= 11 is 0. The Morgan fingerprint density at radius 1 is 0.897 bits per heavy atom. The number of para-hydroxylation sites is 1. The molecule has 6 heteroatoms. The minimum Gasteiger partial charge on any atom is -0.482 e. The molecule has 1 amide bonds. The molecular formula is C23H29NO5. The number of benzene rings is 2. The number of ether oxygens (including phenoxy) is 3. The van der Waals surface area contributed by atoms with Crippen LogP contribution in [0.1, 0.15) is 42.3 Å². The summed E-state index contributed by atoms with van der Waals surface area (Å²) in [6, 6.07) is 12.7. The first-order valence-corrected chi connectivity index (χ1v) is 9.97. The Balaban J connectivity index is 1.92. The van der Waals surface area contributed by atoms with Crippen LogP contribution in [0.15, 0.2) is 42.5 Å². The zero-order valence-corrected chi connectivity index (χ0v) is 17.3. The minimum absolute atomic E-state index is 0.178. The highest BCUT2D eigenvalue weighted by atomic mass is 16.6. The Hall–Kier alpha value is -2.86. The van der Waals surface area contributed by atoms with E-state index >= 15 is 0 Å². The predicted molar refractivity (Wildman–Crippen MR) is 113 cm³/mol. The third-order valence-electron chi connectivity index (χ3n) is 4.41. The Kier molecular flexibility index (Phi) is 9.18. The summed E-state index contributed by atoms with van der Waals surface area (Å²) in [5.74, 6) is -0.149. The Morgan fingerprint density at radius 2 is 1.55 bits per heavy atom. The minimum atomic E-state index is -0.463. The van der Waals surface area contributed by atoms with Crippen LogP contribution in [0.3, 0.4) is 0 Å². The first kappa shape index (κ1) is 22.4. The van der Waals surface area contributed by atoms with Gasteiger partial charge in [0.25, 0.3) is 5.91 Å². The van der Waals surface area contributed by atoms with E-state index in [-0.39, 0.29) is 19.1 Å². The summed E-state index contributed by atoms with van der Waals surface area (Å²) in [6.07, 6.45) is 1.69. The van der Waals surface area contributed by atoms with Gasteiger partial charge in [-0.3, -0.25) is 4.79 Å². The summed E-state index contributed by atoms with van der Waals surface area (Å²) < 4.78 is 15.5. The topological polar surface area (TPSA) is 73.9 Å². The number of aryl methyl sites for hydroxylation is 2. The number of amides is 1. The van der Waals surface area contributed by atoms with Crippen LogP contribution in [0.4, 0.5) is 5.69 Å². The largest absolute Gasteiger partial charge is 0.482 e. The van der Waals surface area contributed by atoms with Crippen LogP contribution >= 0.6 is 0 Å². The fourth-order valence-electron chi connectivity index (χ4n) is 2.83. The zero-order valence-electron chi connectivity index (χ0n) is 17.3. The van der Waals surface area contributed by atoms with Gasteiger partial charge in [0.2, 0.25) is 0 Å². The molecule has 156 valence electrons. The van der Waals surface area contributed by atoms with Gasteiger partial charge in [0, 0.05) is 17.9 Å². The fraction of sp³-hybridized carbons (Fsp3) is 0.391. The highest BCUT2D eigenvalue weighted by Crippen LogP contribution is 2.23. The highest BCUT2D eigenvalue weighted by Gasteiger charge is 2.12. The molecule has 1 N–H and O–H groups in total. The summed E-state index contributed by atoms with van der Waals surface area (Å²) in [5, 5.41) is 3.03. The summed E-state index contributed by atoms with van der Waals surface area (Å²) in [6.45, 7) is 6.97. The quantitative estimate of drug-likeness (QED) is 0.456.